The summed E-state index contributed by atoms with van der Waals surface area (Å²) in [6.07, 6.45) is 0. The Bertz CT molecular complexity index is 678. The summed E-state index contributed by atoms with van der Waals surface area (Å²) in [5.74, 6) is -0.722. The minimum absolute atomic E-state index is 0.201. The van der Waals surface area contributed by atoms with E-state index >= 15 is 0 Å². The lowest BCUT2D eigenvalue weighted by Crippen LogP contribution is -2.15. The molecule has 0 atom stereocenters. The molecule has 0 unspecified atom stereocenters. The average Bonchev–Trinajstić information content (AvgIpc) is 2.42. The Kier molecular flexibility index (Phi) is 3.84. The van der Waals surface area contributed by atoms with Crippen molar-refractivity contribution in [2.45, 2.75) is 13.8 Å². The number of anilines is 1. The molecule has 0 radical (unpaired) electrons. The number of amides is 2. The smallest absolute Gasteiger partial charge is 0.255 e. The van der Waals surface area contributed by atoms with Crippen LogP contribution >= 0.6 is 0 Å². The van der Waals surface area contributed by atoms with E-state index < -0.39 is 5.91 Å². The Morgan fingerprint density at radius 3 is 2.45 bits per heavy atom. The largest absolute Gasteiger partial charge is 0.366 e. The fourth-order valence-electron chi connectivity index (χ4n) is 1.95. The summed E-state index contributed by atoms with van der Waals surface area (Å²) in [6.45, 7) is 3.86. The van der Waals surface area contributed by atoms with E-state index in [1.54, 1.807) is 30.3 Å². The van der Waals surface area contributed by atoms with Gasteiger partial charge in [0.2, 0.25) is 5.91 Å². The van der Waals surface area contributed by atoms with Gasteiger partial charge in [-0.15, -0.1) is 0 Å². The highest BCUT2D eigenvalue weighted by Crippen LogP contribution is 2.16. The van der Waals surface area contributed by atoms with Crippen LogP contribution in [0, 0.1) is 13.8 Å². The van der Waals surface area contributed by atoms with Gasteiger partial charge in [0, 0.05) is 16.8 Å². The lowest BCUT2D eigenvalue weighted by Gasteiger charge is -2.10. The van der Waals surface area contributed by atoms with Gasteiger partial charge in [0.15, 0.2) is 0 Å². The minimum Gasteiger partial charge on any atom is -0.366 e. The number of carbonyl (C=O) groups excluding carboxylic acids is 2. The van der Waals surface area contributed by atoms with E-state index in [0.717, 1.165) is 11.1 Å². The molecular formula is C16H16N2O2. The molecule has 4 heteroatoms. The number of rotatable bonds is 3. The van der Waals surface area contributed by atoms with Gasteiger partial charge >= 0.3 is 0 Å². The van der Waals surface area contributed by atoms with E-state index in [1.807, 2.05) is 26.0 Å². The summed E-state index contributed by atoms with van der Waals surface area (Å²) >= 11 is 0. The Hall–Kier alpha value is -2.62. The number of primary amides is 1. The SMILES string of the molecule is Cc1cccc(C(=O)Nc2cccc(C(N)=O)c2)c1C. The number of nitrogens with two attached hydrogens (primary N) is 1. The van der Waals surface area contributed by atoms with E-state index in [4.69, 9.17) is 5.73 Å². The van der Waals surface area contributed by atoms with Gasteiger partial charge in [-0.2, -0.15) is 0 Å². The molecule has 2 amide bonds. The van der Waals surface area contributed by atoms with Crippen LogP contribution in [0.4, 0.5) is 5.69 Å². The zero-order valence-corrected chi connectivity index (χ0v) is 11.4. The van der Waals surface area contributed by atoms with Crippen LogP contribution in [0.25, 0.3) is 0 Å². The maximum atomic E-state index is 12.2. The van der Waals surface area contributed by atoms with Crippen LogP contribution in [0.3, 0.4) is 0 Å². The van der Waals surface area contributed by atoms with E-state index in [1.165, 1.54) is 0 Å². The van der Waals surface area contributed by atoms with Gasteiger partial charge in [-0.1, -0.05) is 18.2 Å². The first-order valence-corrected chi connectivity index (χ1v) is 6.26. The van der Waals surface area contributed by atoms with E-state index in [0.29, 0.717) is 16.8 Å². The molecule has 3 N–H and O–H groups in total. The van der Waals surface area contributed by atoms with Crippen molar-refractivity contribution in [1.82, 2.24) is 0 Å². The molecule has 0 bridgehead atoms. The van der Waals surface area contributed by atoms with Crippen molar-refractivity contribution in [3.05, 3.63) is 64.7 Å². The molecule has 0 fully saturated rings. The maximum absolute atomic E-state index is 12.2. The third-order valence-corrected chi connectivity index (χ3v) is 3.25. The molecule has 0 spiro atoms. The van der Waals surface area contributed by atoms with E-state index in [9.17, 15) is 9.59 Å². The van der Waals surface area contributed by atoms with Crippen molar-refractivity contribution in [3.63, 3.8) is 0 Å². The van der Waals surface area contributed by atoms with Crippen molar-refractivity contribution >= 4 is 17.5 Å². The third-order valence-electron chi connectivity index (χ3n) is 3.25. The number of hydrogen-bond donors (Lipinski definition) is 2. The molecule has 0 saturated heterocycles. The number of benzene rings is 2. The predicted molar refractivity (Wildman–Crippen MR) is 78.8 cm³/mol. The third kappa shape index (κ3) is 2.85. The minimum atomic E-state index is -0.521. The highest BCUT2D eigenvalue weighted by molar-refractivity contribution is 6.06. The molecule has 102 valence electrons. The normalized spacial score (nSPS) is 10.1. The van der Waals surface area contributed by atoms with Crippen LogP contribution in [0.2, 0.25) is 0 Å². The first-order valence-electron chi connectivity index (χ1n) is 6.26. The highest BCUT2D eigenvalue weighted by atomic mass is 16.2. The van der Waals surface area contributed by atoms with Gasteiger partial charge in [-0.25, -0.2) is 0 Å². The summed E-state index contributed by atoms with van der Waals surface area (Å²) < 4.78 is 0. The van der Waals surface area contributed by atoms with Crippen LogP contribution in [0.1, 0.15) is 31.8 Å². The Morgan fingerprint density at radius 2 is 1.75 bits per heavy atom. The highest BCUT2D eigenvalue weighted by Gasteiger charge is 2.11. The maximum Gasteiger partial charge on any atom is 0.255 e. The fourth-order valence-corrected chi connectivity index (χ4v) is 1.95. The molecule has 0 aliphatic carbocycles. The van der Waals surface area contributed by atoms with Crippen molar-refractivity contribution in [3.8, 4) is 0 Å². The second-order valence-electron chi connectivity index (χ2n) is 4.65. The van der Waals surface area contributed by atoms with Gasteiger partial charge in [-0.05, 0) is 49.2 Å². The molecule has 0 heterocycles. The van der Waals surface area contributed by atoms with Crippen molar-refractivity contribution in [1.29, 1.82) is 0 Å². The van der Waals surface area contributed by atoms with Crippen LogP contribution in [0.5, 0.6) is 0 Å². The zero-order chi connectivity index (χ0) is 14.7. The Morgan fingerprint density at radius 1 is 1.05 bits per heavy atom. The van der Waals surface area contributed by atoms with Crippen LogP contribution < -0.4 is 11.1 Å². The quantitative estimate of drug-likeness (QED) is 0.898. The number of aryl methyl sites for hydroxylation is 1. The molecule has 0 aromatic heterocycles. The Labute approximate surface area is 117 Å². The lowest BCUT2D eigenvalue weighted by atomic mass is 10.0. The molecular weight excluding hydrogens is 252 g/mol. The number of nitrogens with one attached hydrogen (secondary N) is 1. The number of carbonyl (C=O) groups is 2. The molecule has 0 aliphatic heterocycles. The second kappa shape index (κ2) is 5.57. The zero-order valence-electron chi connectivity index (χ0n) is 11.4. The molecule has 4 nitrogen and oxygen atoms in total. The second-order valence-corrected chi connectivity index (χ2v) is 4.65. The van der Waals surface area contributed by atoms with Gasteiger partial charge < -0.3 is 11.1 Å². The van der Waals surface area contributed by atoms with E-state index in [-0.39, 0.29) is 5.91 Å². The molecule has 0 saturated carbocycles. The summed E-state index contributed by atoms with van der Waals surface area (Å²) in [6, 6.07) is 12.1. The van der Waals surface area contributed by atoms with Crippen LogP contribution in [-0.2, 0) is 0 Å². The lowest BCUT2D eigenvalue weighted by molar-refractivity contribution is 0.0996. The first kappa shape index (κ1) is 13.8. The predicted octanol–water partition coefficient (Wildman–Crippen LogP) is 2.65. The number of hydrogen-bond acceptors (Lipinski definition) is 2. The summed E-state index contributed by atoms with van der Waals surface area (Å²) in [4.78, 5) is 23.4. The van der Waals surface area contributed by atoms with Gasteiger partial charge in [0.1, 0.15) is 0 Å². The average molecular weight is 268 g/mol. The molecule has 2 rings (SSSR count). The van der Waals surface area contributed by atoms with Crippen molar-refractivity contribution in [2.75, 3.05) is 5.32 Å². The standard InChI is InChI=1S/C16H16N2O2/c1-10-5-3-8-14(11(10)2)16(20)18-13-7-4-6-12(9-13)15(17)19/h3-9H,1-2H3,(H2,17,19)(H,18,20). The molecule has 2 aromatic carbocycles. The van der Waals surface area contributed by atoms with Gasteiger partial charge in [0.05, 0.1) is 0 Å². The summed E-state index contributed by atoms with van der Waals surface area (Å²) in [7, 11) is 0. The topological polar surface area (TPSA) is 72.2 Å². The van der Waals surface area contributed by atoms with Gasteiger partial charge in [0.25, 0.3) is 5.91 Å². The molecule has 20 heavy (non-hydrogen) atoms. The first-order chi connectivity index (χ1) is 9.49. The van der Waals surface area contributed by atoms with Gasteiger partial charge in [-0.3, -0.25) is 9.59 Å². The van der Waals surface area contributed by atoms with E-state index in [2.05, 4.69) is 5.32 Å². The van der Waals surface area contributed by atoms with Crippen LogP contribution in [-0.4, -0.2) is 11.8 Å². The summed E-state index contributed by atoms with van der Waals surface area (Å²) in [5.41, 5.74) is 8.75. The van der Waals surface area contributed by atoms with Crippen LogP contribution in [0.15, 0.2) is 42.5 Å². The molecule has 2 aromatic rings. The summed E-state index contributed by atoms with van der Waals surface area (Å²) in [5, 5.41) is 2.77. The van der Waals surface area contributed by atoms with Crippen molar-refractivity contribution in [2.24, 2.45) is 5.73 Å². The molecule has 0 aliphatic rings. The Balaban J connectivity index is 2.26. The van der Waals surface area contributed by atoms with Crippen molar-refractivity contribution < 1.29 is 9.59 Å². The monoisotopic (exact) mass is 268 g/mol. The fraction of sp³-hybridized carbons (Fsp3) is 0.125.